The molecule has 12 heteroatoms. The molecule has 0 amide bonds. The van der Waals surface area contributed by atoms with Gasteiger partial charge in [0.15, 0.2) is 5.69 Å². The average molecular weight is 459 g/mol. The van der Waals surface area contributed by atoms with Gasteiger partial charge in [0.1, 0.15) is 5.82 Å². The minimum absolute atomic E-state index is 0.0985. The largest absolute Gasteiger partial charge is 0.433 e. The topological polar surface area (TPSA) is 70.1 Å². The SMILES string of the molecule is OCCCNc1nc(Nc2ccc(Br)c(C(F)(F)F)c2)cc(C(F)(F)F)n1. The second-order valence-corrected chi connectivity index (χ2v) is 6.14. The van der Waals surface area contributed by atoms with Crippen molar-refractivity contribution in [3.8, 4) is 0 Å². The van der Waals surface area contributed by atoms with E-state index in [0.717, 1.165) is 12.1 Å². The zero-order chi connectivity index (χ0) is 20.2. The van der Waals surface area contributed by atoms with E-state index in [2.05, 4.69) is 36.5 Å². The number of halogens is 7. The molecule has 0 bridgehead atoms. The molecule has 0 unspecified atom stereocenters. The highest BCUT2D eigenvalue weighted by atomic mass is 79.9. The van der Waals surface area contributed by atoms with Crippen molar-refractivity contribution >= 4 is 33.4 Å². The number of hydrogen-bond donors (Lipinski definition) is 3. The smallest absolute Gasteiger partial charge is 0.396 e. The van der Waals surface area contributed by atoms with Crippen LogP contribution in [0, 0.1) is 0 Å². The van der Waals surface area contributed by atoms with E-state index < -0.39 is 23.6 Å². The highest BCUT2D eigenvalue weighted by molar-refractivity contribution is 9.10. The molecule has 27 heavy (non-hydrogen) atoms. The van der Waals surface area contributed by atoms with Crippen LogP contribution in [0.1, 0.15) is 17.7 Å². The number of anilines is 3. The predicted molar refractivity (Wildman–Crippen MR) is 89.7 cm³/mol. The summed E-state index contributed by atoms with van der Waals surface area (Å²) in [4.78, 5) is 7.15. The summed E-state index contributed by atoms with van der Waals surface area (Å²) in [6.45, 7) is -0.0655. The van der Waals surface area contributed by atoms with Gasteiger partial charge in [0, 0.05) is 29.4 Å². The molecule has 2 rings (SSSR count). The lowest BCUT2D eigenvalue weighted by Gasteiger charge is -2.14. The average Bonchev–Trinajstić information content (AvgIpc) is 2.55. The van der Waals surface area contributed by atoms with Crippen LogP contribution in [0.2, 0.25) is 0 Å². The summed E-state index contributed by atoms with van der Waals surface area (Å²) in [5.74, 6) is -0.701. The zero-order valence-electron chi connectivity index (χ0n) is 13.4. The third-order valence-electron chi connectivity index (χ3n) is 3.18. The van der Waals surface area contributed by atoms with Gasteiger partial charge in [-0.25, -0.2) is 4.98 Å². The fourth-order valence-corrected chi connectivity index (χ4v) is 2.45. The second-order valence-electron chi connectivity index (χ2n) is 5.28. The predicted octanol–water partition coefficient (Wildman–Crippen LogP) is 4.81. The van der Waals surface area contributed by atoms with Gasteiger partial charge >= 0.3 is 12.4 Å². The van der Waals surface area contributed by atoms with Crippen LogP contribution < -0.4 is 10.6 Å². The molecule has 0 aliphatic rings. The Kier molecular flexibility index (Phi) is 6.52. The van der Waals surface area contributed by atoms with E-state index in [1.807, 2.05) is 0 Å². The summed E-state index contributed by atoms with van der Waals surface area (Å²) in [5.41, 5.74) is -2.35. The number of rotatable bonds is 6. The highest BCUT2D eigenvalue weighted by Gasteiger charge is 2.34. The molecule has 0 radical (unpaired) electrons. The first kappa shape index (κ1) is 21.2. The molecule has 0 saturated carbocycles. The number of alkyl halides is 6. The second kappa shape index (κ2) is 8.30. The van der Waals surface area contributed by atoms with Gasteiger partial charge in [-0.1, -0.05) is 15.9 Å². The van der Waals surface area contributed by atoms with Gasteiger partial charge in [0.2, 0.25) is 5.95 Å². The van der Waals surface area contributed by atoms with Crippen LogP contribution in [0.25, 0.3) is 0 Å². The summed E-state index contributed by atoms with van der Waals surface area (Å²) in [6.07, 6.45) is -9.16. The van der Waals surface area contributed by atoms with Crippen molar-refractivity contribution in [1.29, 1.82) is 0 Å². The lowest BCUT2D eigenvalue weighted by Crippen LogP contribution is -2.14. The van der Waals surface area contributed by atoms with Crippen LogP contribution in [0.4, 0.5) is 43.8 Å². The Morgan fingerprint density at radius 1 is 1.00 bits per heavy atom. The van der Waals surface area contributed by atoms with Crippen LogP contribution in [0.3, 0.4) is 0 Å². The quantitative estimate of drug-likeness (QED) is 0.427. The number of benzene rings is 1. The highest BCUT2D eigenvalue weighted by Crippen LogP contribution is 2.37. The molecule has 0 saturated heterocycles. The summed E-state index contributed by atoms with van der Waals surface area (Å²) in [6, 6.07) is 3.72. The van der Waals surface area contributed by atoms with E-state index in [0.29, 0.717) is 6.07 Å². The number of nitrogens with zero attached hydrogens (tertiary/aromatic N) is 2. The van der Waals surface area contributed by atoms with E-state index in [-0.39, 0.29) is 41.5 Å². The number of aliphatic hydroxyl groups is 1. The van der Waals surface area contributed by atoms with E-state index >= 15 is 0 Å². The van der Waals surface area contributed by atoms with Crippen LogP contribution in [-0.2, 0) is 12.4 Å². The third-order valence-corrected chi connectivity index (χ3v) is 3.87. The lowest BCUT2D eigenvalue weighted by molar-refractivity contribution is -0.141. The van der Waals surface area contributed by atoms with E-state index in [4.69, 9.17) is 5.11 Å². The zero-order valence-corrected chi connectivity index (χ0v) is 15.0. The van der Waals surface area contributed by atoms with Gasteiger partial charge in [-0.3, -0.25) is 0 Å². The Hall–Kier alpha value is -2.08. The van der Waals surface area contributed by atoms with Gasteiger partial charge in [0.25, 0.3) is 0 Å². The van der Waals surface area contributed by atoms with E-state index in [1.165, 1.54) is 6.07 Å². The van der Waals surface area contributed by atoms with E-state index in [1.54, 1.807) is 0 Å². The maximum absolute atomic E-state index is 13.0. The minimum Gasteiger partial charge on any atom is -0.396 e. The molecule has 0 fully saturated rings. The molecule has 1 heterocycles. The van der Waals surface area contributed by atoms with Crippen molar-refractivity contribution in [2.24, 2.45) is 0 Å². The molecule has 148 valence electrons. The molecular weight excluding hydrogens is 446 g/mol. The minimum atomic E-state index is -4.77. The van der Waals surface area contributed by atoms with Crippen molar-refractivity contribution in [3.63, 3.8) is 0 Å². The van der Waals surface area contributed by atoms with Crippen LogP contribution in [0.5, 0.6) is 0 Å². The molecule has 0 spiro atoms. The lowest BCUT2D eigenvalue weighted by atomic mass is 10.2. The standard InChI is InChI=1S/C15H13BrF6N4O/c16-10-3-2-8(6-9(10)14(17,18)19)24-12-7-11(15(20,21)22)25-13(26-12)23-4-1-5-27/h2-3,6-7,27H,1,4-5H2,(H2,23,24,25,26). The maximum Gasteiger partial charge on any atom is 0.433 e. The van der Waals surface area contributed by atoms with Crippen molar-refractivity contribution < 1.29 is 31.4 Å². The molecule has 5 nitrogen and oxygen atoms in total. The Morgan fingerprint density at radius 3 is 2.30 bits per heavy atom. The summed E-state index contributed by atoms with van der Waals surface area (Å²) in [5, 5.41) is 13.7. The van der Waals surface area contributed by atoms with Gasteiger partial charge in [-0.2, -0.15) is 31.3 Å². The Morgan fingerprint density at radius 2 is 1.70 bits per heavy atom. The molecule has 1 aromatic heterocycles. The Balaban J connectivity index is 2.36. The number of nitrogens with one attached hydrogen (secondary N) is 2. The van der Waals surface area contributed by atoms with Crippen molar-refractivity contribution in [1.82, 2.24) is 9.97 Å². The fourth-order valence-electron chi connectivity index (χ4n) is 1.98. The molecule has 0 atom stereocenters. The normalized spacial score (nSPS) is 12.1. The first-order valence-corrected chi connectivity index (χ1v) is 8.25. The van der Waals surface area contributed by atoms with Gasteiger partial charge in [-0.05, 0) is 24.6 Å². The Bertz CT molecular complexity index is 797. The number of hydrogen-bond acceptors (Lipinski definition) is 5. The van der Waals surface area contributed by atoms with Gasteiger partial charge < -0.3 is 15.7 Å². The molecule has 2 aromatic rings. The summed E-state index contributed by atoms with van der Waals surface area (Å²) >= 11 is 2.78. The number of aliphatic hydroxyl groups excluding tert-OH is 1. The monoisotopic (exact) mass is 458 g/mol. The molecular formula is C15H13BrF6N4O. The fraction of sp³-hybridized carbons (Fsp3) is 0.333. The molecule has 1 aromatic carbocycles. The van der Waals surface area contributed by atoms with Gasteiger partial charge in [0.05, 0.1) is 5.56 Å². The number of aromatic nitrogens is 2. The van der Waals surface area contributed by atoms with Crippen LogP contribution >= 0.6 is 15.9 Å². The summed E-state index contributed by atoms with van der Waals surface area (Å²) < 4.78 is 77.7. The molecule has 3 N–H and O–H groups in total. The maximum atomic E-state index is 13.0. The Labute approximate surface area is 158 Å². The van der Waals surface area contributed by atoms with Crippen LogP contribution in [0.15, 0.2) is 28.7 Å². The third kappa shape index (κ3) is 5.96. The molecule has 0 aliphatic heterocycles. The van der Waals surface area contributed by atoms with Gasteiger partial charge in [-0.15, -0.1) is 0 Å². The van der Waals surface area contributed by atoms with Crippen molar-refractivity contribution in [2.45, 2.75) is 18.8 Å². The van der Waals surface area contributed by atoms with Crippen LogP contribution in [-0.4, -0.2) is 28.2 Å². The molecule has 0 aliphatic carbocycles. The van der Waals surface area contributed by atoms with Crippen molar-refractivity contribution in [3.05, 3.63) is 40.0 Å². The van der Waals surface area contributed by atoms with Crippen molar-refractivity contribution in [2.75, 3.05) is 23.8 Å². The first-order chi connectivity index (χ1) is 12.5. The first-order valence-electron chi connectivity index (χ1n) is 7.45. The summed E-state index contributed by atoms with van der Waals surface area (Å²) in [7, 11) is 0. The van der Waals surface area contributed by atoms with E-state index in [9.17, 15) is 26.3 Å².